The highest BCUT2D eigenvalue weighted by molar-refractivity contribution is 6.34. The van der Waals surface area contributed by atoms with Crippen LogP contribution in [0, 0.1) is 10.1 Å². The van der Waals surface area contributed by atoms with Crippen LogP contribution in [-0.4, -0.2) is 23.6 Å². The van der Waals surface area contributed by atoms with Gasteiger partial charge in [0.1, 0.15) is 5.75 Å². The van der Waals surface area contributed by atoms with Gasteiger partial charge in [-0.1, -0.05) is 54.6 Å². The molecule has 0 atom stereocenters. The zero-order chi connectivity index (χ0) is 20.6. The average Bonchev–Trinajstić information content (AvgIpc) is 2.97. The molecule has 0 spiro atoms. The summed E-state index contributed by atoms with van der Waals surface area (Å²) in [4.78, 5) is 37.7. The average molecular weight is 388 g/mol. The number of carbonyl (C=O) groups excluding carboxylic acids is 2. The van der Waals surface area contributed by atoms with Crippen LogP contribution < -0.4 is 10.1 Å². The SMILES string of the molecule is COc1ccc([N+](=O)[O-])cc1NC1(c2ccccc2)C(=O)c2ccccc2C1=O. The summed E-state index contributed by atoms with van der Waals surface area (Å²) in [5.41, 5.74) is -0.698. The fourth-order valence-corrected chi connectivity index (χ4v) is 3.63. The van der Waals surface area contributed by atoms with E-state index in [1.165, 1.54) is 25.3 Å². The zero-order valence-corrected chi connectivity index (χ0v) is 15.4. The van der Waals surface area contributed by atoms with E-state index in [9.17, 15) is 19.7 Å². The van der Waals surface area contributed by atoms with Crippen LogP contribution in [0.4, 0.5) is 11.4 Å². The first-order valence-electron chi connectivity index (χ1n) is 8.84. The molecule has 0 aromatic heterocycles. The number of rotatable bonds is 5. The summed E-state index contributed by atoms with van der Waals surface area (Å²) in [6.07, 6.45) is 0. The van der Waals surface area contributed by atoms with Crippen molar-refractivity contribution in [2.75, 3.05) is 12.4 Å². The molecule has 1 N–H and O–H groups in total. The molecule has 0 radical (unpaired) electrons. The van der Waals surface area contributed by atoms with Crippen molar-refractivity contribution in [2.24, 2.45) is 0 Å². The highest BCUT2D eigenvalue weighted by Gasteiger charge is 2.54. The van der Waals surface area contributed by atoms with E-state index in [1.807, 2.05) is 0 Å². The van der Waals surface area contributed by atoms with Crippen molar-refractivity contribution >= 4 is 22.9 Å². The van der Waals surface area contributed by atoms with Crippen LogP contribution in [-0.2, 0) is 5.54 Å². The number of ketones is 2. The number of nitrogens with one attached hydrogen (secondary N) is 1. The second-order valence-corrected chi connectivity index (χ2v) is 6.59. The Morgan fingerprint density at radius 3 is 2.03 bits per heavy atom. The molecule has 0 heterocycles. The number of ether oxygens (including phenoxy) is 1. The van der Waals surface area contributed by atoms with E-state index in [1.54, 1.807) is 54.6 Å². The minimum Gasteiger partial charge on any atom is -0.495 e. The Balaban J connectivity index is 1.94. The Morgan fingerprint density at radius 2 is 1.48 bits per heavy atom. The van der Waals surface area contributed by atoms with Crippen LogP contribution in [0.15, 0.2) is 72.8 Å². The minimum absolute atomic E-state index is 0.181. The first-order chi connectivity index (χ1) is 14.0. The maximum Gasteiger partial charge on any atom is 0.271 e. The molecule has 0 saturated carbocycles. The second-order valence-electron chi connectivity index (χ2n) is 6.59. The molecular formula is C22H16N2O5. The summed E-state index contributed by atoms with van der Waals surface area (Å²) in [7, 11) is 1.41. The first kappa shape index (κ1) is 18.4. The van der Waals surface area contributed by atoms with Gasteiger partial charge in [-0.15, -0.1) is 0 Å². The van der Waals surface area contributed by atoms with Crippen LogP contribution in [0.2, 0.25) is 0 Å². The molecule has 7 heteroatoms. The van der Waals surface area contributed by atoms with Crippen LogP contribution >= 0.6 is 0 Å². The van der Waals surface area contributed by atoms with Gasteiger partial charge in [0.2, 0.25) is 11.6 Å². The van der Waals surface area contributed by atoms with E-state index in [4.69, 9.17) is 4.74 Å². The quantitative estimate of drug-likeness (QED) is 0.403. The van der Waals surface area contributed by atoms with Crippen molar-refractivity contribution in [1.82, 2.24) is 0 Å². The Hall–Kier alpha value is -4.00. The Kier molecular flexibility index (Phi) is 4.35. The van der Waals surface area contributed by atoms with Gasteiger partial charge in [-0.2, -0.15) is 0 Å². The number of hydrogen-bond acceptors (Lipinski definition) is 6. The Labute approximate surface area is 166 Å². The van der Waals surface area contributed by atoms with Crippen LogP contribution in [0.5, 0.6) is 5.75 Å². The van der Waals surface area contributed by atoms with Gasteiger partial charge in [-0.3, -0.25) is 19.7 Å². The van der Waals surface area contributed by atoms with Crippen molar-refractivity contribution in [2.45, 2.75) is 5.54 Å². The van der Waals surface area contributed by atoms with Gasteiger partial charge in [0.05, 0.1) is 17.7 Å². The fourth-order valence-electron chi connectivity index (χ4n) is 3.63. The van der Waals surface area contributed by atoms with E-state index in [0.29, 0.717) is 16.7 Å². The van der Waals surface area contributed by atoms with Gasteiger partial charge < -0.3 is 10.1 Å². The van der Waals surface area contributed by atoms with Crippen LogP contribution in [0.3, 0.4) is 0 Å². The molecule has 0 fully saturated rings. The number of nitro benzene ring substituents is 1. The number of fused-ring (bicyclic) bond motifs is 1. The third-order valence-corrected chi connectivity index (χ3v) is 5.02. The van der Waals surface area contributed by atoms with Crippen molar-refractivity contribution in [3.63, 3.8) is 0 Å². The summed E-state index contributed by atoms with van der Waals surface area (Å²) in [6.45, 7) is 0. The maximum atomic E-state index is 13.5. The topological polar surface area (TPSA) is 98.5 Å². The molecular weight excluding hydrogens is 372 g/mol. The molecule has 3 aromatic carbocycles. The van der Waals surface area contributed by atoms with Gasteiger partial charge in [-0.05, 0) is 11.6 Å². The summed E-state index contributed by atoms with van der Waals surface area (Å²) in [6, 6.07) is 19.2. The number of methoxy groups -OCH3 is 1. The minimum atomic E-state index is -1.74. The predicted molar refractivity (Wildman–Crippen MR) is 106 cm³/mol. The number of hydrogen-bond donors (Lipinski definition) is 1. The molecule has 0 bridgehead atoms. The number of nitrogens with zero attached hydrogens (tertiary/aromatic N) is 1. The number of benzene rings is 3. The monoisotopic (exact) mass is 388 g/mol. The van der Waals surface area contributed by atoms with E-state index in [0.717, 1.165) is 0 Å². The molecule has 0 unspecified atom stereocenters. The largest absolute Gasteiger partial charge is 0.495 e. The van der Waals surface area contributed by atoms with Crippen LogP contribution in [0.25, 0.3) is 0 Å². The molecule has 7 nitrogen and oxygen atoms in total. The van der Waals surface area contributed by atoms with Gasteiger partial charge in [0.15, 0.2) is 5.54 Å². The smallest absolute Gasteiger partial charge is 0.271 e. The summed E-state index contributed by atoms with van der Waals surface area (Å²) in [5.74, 6) is -0.557. The molecule has 0 amide bonds. The molecule has 144 valence electrons. The van der Waals surface area contributed by atoms with Crippen LogP contribution in [0.1, 0.15) is 26.3 Å². The summed E-state index contributed by atoms with van der Waals surface area (Å²) in [5, 5.41) is 14.3. The van der Waals surface area contributed by atoms with Gasteiger partial charge in [0.25, 0.3) is 5.69 Å². The Bertz CT molecular complexity index is 1110. The normalized spacial score (nSPS) is 14.4. The lowest BCUT2D eigenvalue weighted by atomic mass is 9.84. The third-order valence-electron chi connectivity index (χ3n) is 5.02. The molecule has 29 heavy (non-hydrogen) atoms. The number of non-ortho nitro benzene ring substituents is 1. The molecule has 3 aromatic rings. The van der Waals surface area contributed by atoms with E-state index in [-0.39, 0.29) is 17.1 Å². The third kappa shape index (κ3) is 2.75. The predicted octanol–water partition coefficient (Wildman–Crippen LogP) is 3.99. The van der Waals surface area contributed by atoms with Crippen molar-refractivity contribution in [3.8, 4) is 5.75 Å². The molecule has 0 aliphatic heterocycles. The molecule has 0 saturated heterocycles. The lowest BCUT2D eigenvalue weighted by Gasteiger charge is -2.29. The summed E-state index contributed by atoms with van der Waals surface area (Å²) < 4.78 is 5.31. The fraction of sp³-hybridized carbons (Fsp3) is 0.0909. The number of anilines is 1. The van der Waals surface area contributed by atoms with E-state index >= 15 is 0 Å². The lowest BCUT2D eigenvalue weighted by Crippen LogP contribution is -2.46. The molecule has 1 aliphatic rings. The molecule has 4 rings (SSSR count). The van der Waals surface area contributed by atoms with Gasteiger partial charge in [-0.25, -0.2) is 0 Å². The maximum absolute atomic E-state index is 13.5. The van der Waals surface area contributed by atoms with Gasteiger partial charge >= 0.3 is 0 Å². The number of nitro groups is 1. The zero-order valence-electron chi connectivity index (χ0n) is 15.4. The highest BCUT2D eigenvalue weighted by Crippen LogP contribution is 2.42. The second kappa shape index (κ2) is 6.87. The van der Waals surface area contributed by atoms with Gasteiger partial charge in [0, 0.05) is 23.3 Å². The van der Waals surface area contributed by atoms with E-state index in [2.05, 4.69) is 5.32 Å². The first-order valence-corrected chi connectivity index (χ1v) is 8.84. The van der Waals surface area contributed by atoms with Crippen molar-refractivity contribution in [1.29, 1.82) is 0 Å². The van der Waals surface area contributed by atoms with Crippen molar-refractivity contribution < 1.29 is 19.2 Å². The number of carbonyl (C=O) groups is 2. The standard InChI is InChI=1S/C22H16N2O5/c1-29-19-12-11-15(24(27)28)13-18(19)23-22(14-7-3-2-4-8-14)20(25)16-9-5-6-10-17(16)21(22)26/h2-13,23H,1H3. The number of Topliss-reactive ketones (excluding diaryl/α,β-unsaturated/α-hetero) is 2. The molecule has 1 aliphatic carbocycles. The Morgan fingerprint density at radius 1 is 0.897 bits per heavy atom. The lowest BCUT2D eigenvalue weighted by molar-refractivity contribution is -0.384. The van der Waals surface area contributed by atoms with Crippen molar-refractivity contribution in [3.05, 3.63) is 99.6 Å². The highest BCUT2D eigenvalue weighted by atomic mass is 16.6. The summed E-state index contributed by atoms with van der Waals surface area (Å²) >= 11 is 0. The van der Waals surface area contributed by atoms with E-state index < -0.39 is 22.0 Å².